The number of urea groups is 1. The van der Waals surface area contributed by atoms with Gasteiger partial charge in [0.1, 0.15) is 0 Å². The van der Waals surface area contributed by atoms with E-state index >= 15 is 0 Å². The summed E-state index contributed by atoms with van der Waals surface area (Å²) in [5.41, 5.74) is 4.83. The van der Waals surface area contributed by atoms with Crippen LogP contribution < -0.4 is 5.32 Å². The van der Waals surface area contributed by atoms with Crippen molar-refractivity contribution in [2.24, 2.45) is 5.92 Å². The number of hydrogen-bond acceptors (Lipinski definition) is 2. The molecule has 148 valence electrons. The van der Waals surface area contributed by atoms with Crippen molar-refractivity contribution < 1.29 is 4.79 Å². The van der Waals surface area contributed by atoms with Crippen LogP contribution in [0.25, 0.3) is 11.3 Å². The maximum Gasteiger partial charge on any atom is 0.321 e. The topological polar surface area (TPSA) is 50.2 Å². The Bertz CT molecular complexity index is 989. The fraction of sp³-hybridized carbons (Fsp3) is 0.333. The van der Waals surface area contributed by atoms with Gasteiger partial charge in [-0.1, -0.05) is 42.5 Å². The van der Waals surface area contributed by atoms with Gasteiger partial charge in [-0.2, -0.15) is 0 Å². The number of nitrogens with one attached hydrogen (secondary N) is 1. The molecule has 5 heteroatoms. The molecule has 2 aromatic carbocycles. The zero-order valence-corrected chi connectivity index (χ0v) is 16.5. The summed E-state index contributed by atoms with van der Waals surface area (Å²) in [6.45, 7) is 1.67. The van der Waals surface area contributed by atoms with Gasteiger partial charge in [0.05, 0.1) is 24.3 Å². The predicted molar refractivity (Wildman–Crippen MR) is 115 cm³/mol. The molecule has 0 aliphatic carbocycles. The van der Waals surface area contributed by atoms with Gasteiger partial charge in [-0.15, -0.1) is 0 Å². The standard InChI is InChI=1S/C24H26N4O/c29-24(26-19-6-2-1-3-7-19)27-14-12-18(13-15-27)10-11-22-20-8-4-5-9-21(20)23-16-25-17-28(22)23/h1-9,16-18,22H,10-15H2,(H,26,29). The number of piperidine rings is 1. The maximum atomic E-state index is 12.5. The summed E-state index contributed by atoms with van der Waals surface area (Å²) in [6.07, 6.45) is 8.41. The summed E-state index contributed by atoms with van der Waals surface area (Å²) >= 11 is 0. The molecule has 2 amide bonds. The fourth-order valence-corrected chi connectivity index (χ4v) is 4.77. The van der Waals surface area contributed by atoms with Crippen LogP contribution in [0.15, 0.2) is 67.1 Å². The predicted octanol–water partition coefficient (Wildman–Crippen LogP) is 5.18. The van der Waals surface area contributed by atoms with Crippen LogP contribution in [0.4, 0.5) is 10.5 Å². The molecule has 29 heavy (non-hydrogen) atoms. The SMILES string of the molecule is O=C(Nc1ccccc1)N1CCC(CCC2c3ccccc3-c3cncn32)CC1. The molecule has 3 heterocycles. The zero-order valence-electron chi connectivity index (χ0n) is 16.5. The molecular formula is C24H26N4O. The molecule has 2 aliphatic heterocycles. The number of nitrogens with zero attached hydrogens (tertiary/aromatic N) is 3. The Balaban J connectivity index is 1.16. The van der Waals surface area contributed by atoms with E-state index in [0.29, 0.717) is 12.0 Å². The molecule has 1 atom stereocenters. The molecule has 5 nitrogen and oxygen atoms in total. The number of carbonyl (C=O) groups excluding carboxylic acids is 1. The van der Waals surface area contributed by atoms with E-state index in [0.717, 1.165) is 38.0 Å². The van der Waals surface area contributed by atoms with Crippen molar-refractivity contribution in [1.82, 2.24) is 14.5 Å². The highest BCUT2D eigenvalue weighted by molar-refractivity contribution is 5.89. The second-order valence-corrected chi connectivity index (χ2v) is 8.09. The smallest absolute Gasteiger partial charge is 0.321 e. The first-order valence-electron chi connectivity index (χ1n) is 10.5. The number of rotatable bonds is 4. The molecule has 0 saturated carbocycles. The van der Waals surface area contributed by atoms with Gasteiger partial charge in [0.15, 0.2) is 0 Å². The van der Waals surface area contributed by atoms with Gasteiger partial charge in [0.25, 0.3) is 0 Å². The molecule has 0 radical (unpaired) electrons. The zero-order chi connectivity index (χ0) is 19.6. The highest BCUT2D eigenvalue weighted by Crippen LogP contribution is 2.42. The van der Waals surface area contributed by atoms with Crippen LogP contribution in [0, 0.1) is 5.92 Å². The van der Waals surface area contributed by atoms with Crippen molar-refractivity contribution in [2.45, 2.75) is 31.7 Å². The van der Waals surface area contributed by atoms with Crippen molar-refractivity contribution >= 4 is 11.7 Å². The first kappa shape index (κ1) is 18.0. The highest BCUT2D eigenvalue weighted by atomic mass is 16.2. The Kier molecular flexibility index (Phi) is 4.80. The van der Waals surface area contributed by atoms with Crippen LogP contribution in [0.2, 0.25) is 0 Å². The minimum absolute atomic E-state index is 0.0161. The van der Waals surface area contributed by atoms with E-state index in [4.69, 9.17) is 0 Å². The van der Waals surface area contributed by atoms with Crippen LogP contribution in [0.3, 0.4) is 0 Å². The van der Waals surface area contributed by atoms with E-state index in [1.807, 2.05) is 47.8 Å². The summed E-state index contributed by atoms with van der Waals surface area (Å²) in [5, 5.41) is 3.00. The number of anilines is 1. The van der Waals surface area contributed by atoms with Gasteiger partial charge in [0.2, 0.25) is 0 Å². The number of para-hydroxylation sites is 1. The first-order chi connectivity index (χ1) is 14.3. The molecule has 1 fully saturated rings. The van der Waals surface area contributed by atoms with E-state index < -0.39 is 0 Å². The van der Waals surface area contributed by atoms with Crippen molar-refractivity contribution in [3.63, 3.8) is 0 Å². The average Bonchev–Trinajstić information content (AvgIpc) is 3.35. The Morgan fingerprint density at radius 2 is 1.76 bits per heavy atom. The number of hydrogen-bond donors (Lipinski definition) is 1. The second-order valence-electron chi connectivity index (χ2n) is 8.09. The second kappa shape index (κ2) is 7.74. The van der Waals surface area contributed by atoms with Gasteiger partial charge < -0.3 is 14.8 Å². The third kappa shape index (κ3) is 3.53. The Morgan fingerprint density at radius 3 is 2.59 bits per heavy atom. The van der Waals surface area contributed by atoms with Crippen molar-refractivity contribution in [3.8, 4) is 11.3 Å². The molecule has 1 aromatic heterocycles. The number of imidazole rings is 1. The van der Waals surface area contributed by atoms with Crippen LogP contribution in [-0.2, 0) is 0 Å². The van der Waals surface area contributed by atoms with Crippen LogP contribution in [0.5, 0.6) is 0 Å². The van der Waals surface area contributed by atoms with E-state index in [1.165, 1.54) is 23.2 Å². The van der Waals surface area contributed by atoms with Crippen molar-refractivity contribution in [1.29, 1.82) is 0 Å². The van der Waals surface area contributed by atoms with Crippen LogP contribution >= 0.6 is 0 Å². The minimum atomic E-state index is 0.0161. The summed E-state index contributed by atoms with van der Waals surface area (Å²) < 4.78 is 2.33. The molecule has 1 saturated heterocycles. The quantitative estimate of drug-likeness (QED) is 0.672. The van der Waals surface area contributed by atoms with Crippen molar-refractivity contribution in [3.05, 3.63) is 72.7 Å². The fourth-order valence-electron chi connectivity index (χ4n) is 4.77. The monoisotopic (exact) mass is 386 g/mol. The lowest BCUT2D eigenvalue weighted by Gasteiger charge is -2.32. The third-order valence-electron chi connectivity index (χ3n) is 6.37. The van der Waals surface area contributed by atoms with Gasteiger partial charge in [-0.25, -0.2) is 9.78 Å². The highest BCUT2D eigenvalue weighted by Gasteiger charge is 2.29. The number of benzene rings is 2. The van der Waals surface area contributed by atoms with Crippen molar-refractivity contribution in [2.75, 3.05) is 18.4 Å². The lowest BCUT2D eigenvalue weighted by atomic mass is 9.89. The Labute approximate surface area is 171 Å². The van der Waals surface area contributed by atoms with E-state index in [9.17, 15) is 4.79 Å². The van der Waals surface area contributed by atoms with Crippen LogP contribution in [-0.4, -0.2) is 33.6 Å². The summed E-state index contributed by atoms with van der Waals surface area (Å²) in [5.74, 6) is 0.676. The van der Waals surface area contributed by atoms with E-state index in [2.05, 4.69) is 39.1 Å². The first-order valence-corrected chi connectivity index (χ1v) is 10.5. The summed E-state index contributed by atoms with van der Waals surface area (Å²) in [4.78, 5) is 18.8. The molecule has 1 N–H and O–H groups in total. The van der Waals surface area contributed by atoms with E-state index in [-0.39, 0.29) is 6.03 Å². The normalized spacial score (nSPS) is 18.3. The van der Waals surface area contributed by atoms with Gasteiger partial charge >= 0.3 is 6.03 Å². The molecule has 1 unspecified atom stereocenters. The maximum absolute atomic E-state index is 12.5. The number of amides is 2. The molecule has 3 aromatic rings. The number of carbonyl (C=O) groups is 1. The number of likely N-dealkylation sites (tertiary alicyclic amines) is 1. The number of aromatic nitrogens is 2. The van der Waals surface area contributed by atoms with Gasteiger partial charge in [-0.3, -0.25) is 0 Å². The summed E-state index contributed by atoms with van der Waals surface area (Å²) in [6, 6.07) is 18.8. The lowest BCUT2D eigenvalue weighted by Crippen LogP contribution is -2.41. The molecule has 0 spiro atoms. The molecular weight excluding hydrogens is 360 g/mol. The van der Waals surface area contributed by atoms with Gasteiger partial charge in [-0.05, 0) is 49.3 Å². The van der Waals surface area contributed by atoms with E-state index in [1.54, 1.807) is 0 Å². The minimum Gasteiger partial charge on any atom is -0.325 e. The van der Waals surface area contributed by atoms with Gasteiger partial charge in [0, 0.05) is 24.3 Å². The molecule has 5 rings (SSSR count). The molecule has 2 aliphatic rings. The Hall–Kier alpha value is -3.08. The number of fused-ring (bicyclic) bond motifs is 3. The van der Waals surface area contributed by atoms with Crippen LogP contribution in [0.1, 0.15) is 37.3 Å². The lowest BCUT2D eigenvalue weighted by molar-refractivity contribution is 0.178. The molecule has 0 bridgehead atoms. The third-order valence-corrected chi connectivity index (χ3v) is 6.37. The summed E-state index contributed by atoms with van der Waals surface area (Å²) in [7, 11) is 0. The average molecular weight is 386 g/mol. The Morgan fingerprint density at radius 1 is 1.00 bits per heavy atom. The largest absolute Gasteiger partial charge is 0.325 e.